The second-order valence-electron chi connectivity index (χ2n) is 5.00. The maximum atomic E-state index is 9.52. The molecule has 0 aliphatic carbocycles. The van der Waals surface area contributed by atoms with E-state index in [4.69, 9.17) is 5.73 Å². The number of allylic oxidation sites excluding steroid dienone is 8. The van der Waals surface area contributed by atoms with Crippen LogP contribution in [0.1, 0.15) is 52.4 Å². The van der Waals surface area contributed by atoms with Crippen LogP contribution in [0.2, 0.25) is 0 Å². The van der Waals surface area contributed by atoms with E-state index in [-0.39, 0.29) is 12.1 Å². The van der Waals surface area contributed by atoms with Crippen molar-refractivity contribution in [3.8, 4) is 0 Å². The molecule has 0 spiro atoms. The Balaban J connectivity index is 3.49. The van der Waals surface area contributed by atoms with Crippen LogP contribution in [-0.4, -0.2) is 17.3 Å². The van der Waals surface area contributed by atoms with E-state index >= 15 is 0 Å². The highest BCUT2D eigenvalue weighted by atomic mass is 16.3. The van der Waals surface area contributed by atoms with Crippen LogP contribution >= 0.6 is 0 Å². The van der Waals surface area contributed by atoms with Crippen molar-refractivity contribution in [2.45, 2.75) is 64.5 Å². The van der Waals surface area contributed by atoms with Crippen molar-refractivity contribution in [2.24, 2.45) is 5.73 Å². The quantitative estimate of drug-likeness (QED) is 0.554. The van der Waals surface area contributed by atoms with E-state index in [1.54, 1.807) is 0 Å². The van der Waals surface area contributed by atoms with E-state index in [0.717, 1.165) is 38.5 Å². The summed E-state index contributed by atoms with van der Waals surface area (Å²) in [6.07, 6.45) is 22.7. The molecular formula is C18H31NO. The highest BCUT2D eigenvalue weighted by Crippen LogP contribution is 2.02. The molecule has 20 heavy (non-hydrogen) atoms. The molecule has 0 aromatic carbocycles. The van der Waals surface area contributed by atoms with Gasteiger partial charge in [0.15, 0.2) is 0 Å². The smallest absolute Gasteiger partial charge is 0.0691 e. The molecule has 2 unspecified atom stereocenters. The van der Waals surface area contributed by atoms with Crippen LogP contribution < -0.4 is 5.73 Å². The number of aliphatic hydroxyl groups excluding tert-OH is 1. The molecule has 0 radical (unpaired) electrons. The molecule has 0 bridgehead atoms. The third kappa shape index (κ3) is 13.3. The highest BCUT2D eigenvalue weighted by molar-refractivity contribution is 4.99. The average molecular weight is 277 g/mol. The van der Waals surface area contributed by atoms with Gasteiger partial charge in [-0.1, -0.05) is 55.5 Å². The van der Waals surface area contributed by atoms with Crippen molar-refractivity contribution in [3.63, 3.8) is 0 Å². The molecule has 2 heteroatoms. The molecule has 0 heterocycles. The van der Waals surface area contributed by atoms with Crippen LogP contribution in [0.4, 0.5) is 0 Å². The number of nitrogens with two attached hydrogens (primary N) is 1. The normalized spacial score (nSPS) is 16.0. The predicted octanol–water partition coefficient (Wildman–Crippen LogP) is 4.28. The highest BCUT2D eigenvalue weighted by Gasteiger charge is 2.06. The van der Waals surface area contributed by atoms with E-state index in [0.29, 0.717) is 0 Å². The summed E-state index contributed by atoms with van der Waals surface area (Å²) in [5.41, 5.74) is 5.59. The largest absolute Gasteiger partial charge is 0.392 e. The van der Waals surface area contributed by atoms with Crippen LogP contribution in [0.5, 0.6) is 0 Å². The summed E-state index contributed by atoms with van der Waals surface area (Å²) in [6, 6.07) is -0.137. The molecule has 114 valence electrons. The Bertz CT molecular complexity index is 313. The molecule has 0 aromatic heterocycles. The summed E-state index contributed by atoms with van der Waals surface area (Å²) in [7, 11) is 0. The molecular weight excluding hydrogens is 246 g/mol. The van der Waals surface area contributed by atoms with Gasteiger partial charge in [0.05, 0.1) is 6.10 Å². The minimum absolute atomic E-state index is 0.137. The molecule has 0 aliphatic rings. The Labute approximate surface area is 124 Å². The maximum absolute atomic E-state index is 9.52. The monoisotopic (exact) mass is 277 g/mol. The average Bonchev–Trinajstić information content (AvgIpc) is 2.43. The standard InChI is InChI=1S/C18H31NO/c1-3-4-5-6-7-8-9-10-11-12-13-14-15-16-18(20)17(2)19/h4-5,7-8,10-11,13-14,17-18,20H,3,6,9,12,15-16,19H2,1-2H3. The zero-order valence-electron chi connectivity index (χ0n) is 13.0. The first-order valence-corrected chi connectivity index (χ1v) is 7.72. The molecule has 0 rings (SSSR count). The van der Waals surface area contributed by atoms with Crippen molar-refractivity contribution in [3.05, 3.63) is 48.6 Å². The zero-order valence-corrected chi connectivity index (χ0v) is 13.0. The van der Waals surface area contributed by atoms with Gasteiger partial charge in [-0.2, -0.15) is 0 Å². The number of hydrogen-bond acceptors (Lipinski definition) is 2. The summed E-state index contributed by atoms with van der Waals surface area (Å²) in [4.78, 5) is 0. The van der Waals surface area contributed by atoms with E-state index in [9.17, 15) is 5.11 Å². The molecule has 3 N–H and O–H groups in total. The van der Waals surface area contributed by atoms with Gasteiger partial charge in [-0.25, -0.2) is 0 Å². The fourth-order valence-corrected chi connectivity index (χ4v) is 1.63. The third-order valence-electron chi connectivity index (χ3n) is 2.95. The molecule has 0 fully saturated rings. The van der Waals surface area contributed by atoms with Crippen molar-refractivity contribution >= 4 is 0 Å². The minimum atomic E-state index is -0.387. The second kappa shape index (κ2) is 14.3. The summed E-state index contributed by atoms with van der Waals surface area (Å²) in [6.45, 7) is 3.98. The fourth-order valence-electron chi connectivity index (χ4n) is 1.63. The molecule has 0 aliphatic heterocycles. The Kier molecular flexibility index (Phi) is 13.5. The van der Waals surface area contributed by atoms with Gasteiger partial charge in [-0.05, 0) is 45.4 Å². The molecule has 0 aromatic rings. The first kappa shape index (κ1) is 18.9. The van der Waals surface area contributed by atoms with Crippen molar-refractivity contribution in [1.29, 1.82) is 0 Å². The molecule has 0 saturated heterocycles. The van der Waals surface area contributed by atoms with Crippen LogP contribution in [0.15, 0.2) is 48.6 Å². The maximum Gasteiger partial charge on any atom is 0.0691 e. The topological polar surface area (TPSA) is 46.2 Å². The lowest BCUT2D eigenvalue weighted by Crippen LogP contribution is -2.30. The van der Waals surface area contributed by atoms with Gasteiger partial charge < -0.3 is 10.8 Å². The van der Waals surface area contributed by atoms with Crippen molar-refractivity contribution in [1.82, 2.24) is 0 Å². The molecule has 0 saturated carbocycles. The van der Waals surface area contributed by atoms with Gasteiger partial charge in [0.2, 0.25) is 0 Å². The zero-order chi connectivity index (χ0) is 15.1. The van der Waals surface area contributed by atoms with Gasteiger partial charge in [-0.15, -0.1) is 0 Å². The SMILES string of the molecule is CCC=CCC=CCC=CCC=CCCC(O)C(C)N. The van der Waals surface area contributed by atoms with Gasteiger partial charge in [-0.3, -0.25) is 0 Å². The van der Waals surface area contributed by atoms with Crippen LogP contribution in [-0.2, 0) is 0 Å². The molecule has 2 nitrogen and oxygen atoms in total. The second-order valence-corrected chi connectivity index (χ2v) is 5.00. The summed E-state index contributed by atoms with van der Waals surface area (Å²) in [5.74, 6) is 0. The summed E-state index contributed by atoms with van der Waals surface area (Å²) >= 11 is 0. The van der Waals surface area contributed by atoms with E-state index < -0.39 is 0 Å². The van der Waals surface area contributed by atoms with Gasteiger partial charge in [0.25, 0.3) is 0 Å². The van der Waals surface area contributed by atoms with E-state index in [2.05, 4.69) is 55.5 Å². The number of rotatable bonds is 11. The van der Waals surface area contributed by atoms with Gasteiger partial charge >= 0.3 is 0 Å². The van der Waals surface area contributed by atoms with E-state index in [1.165, 1.54) is 0 Å². The van der Waals surface area contributed by atoms with Gasteiger partial charge in [0.1, 0.15) is 0 Å². The fraction of sp³-hybridized carbons (Fsp3) is 0.556. The number of aliphatic hydroxyl groups is 1. The number of hydrogen-bond donors (Lipinski definition) is 2. The molecule has 2 atom stereocenters. The molecule has 0 amide bonds. The Morgan fingerprint density at radius 3 is 1.75 bits per heavy atom. The Morgan fingerprint density at radius 1 is 0.850 bits per heavy atom. The Morgan fingerprint density at radius 2 is 1.30 bits per heavy atom. The predicted molar refractivity (Wildman–Crippen MR) is 89.6 cm³/mol. The van der Waals surface area contributed by atoms with Crippen molar-refractivity contribution < 1.29 is 5.11 Å². The first-order valence-electron chi connectivity index (χ1n) is 7.72. The van der Waals surface area contributed by atoms with Crippen LogP contribution in [0, 0.1) is 0 Å². The minimum Gasteiger partial charge on any atom is -0.392 e. The third-order valence-corrected chi connectivity index (χ3v) is 2.95. The van der Waals surface area contributed by atoms with Crippen LogP contribution in [0.25, 0.3) is 0 Å². The van der Waals surface area contributed by atoms with Gasteiger partial charge in [0, 0.05) is 6.04 Å². The van der Waals surface area contributed by atoms with E-state index in [1.807, 2.05) is 6.92 Å². The summed E-state index contributed by atoms with van der Waals surface area (Å²) in [5, 5.41) is 9.52. The lowest BCUT2D eigenvalue weighted by molar-refractivity contribution is 0.142. The summed E-state index contributed by atoms with van der Waals surface area (Å²) < 4.78 is 0. The van der Waals surface area contributed by atoms with Crippen molar-refractivity contribution in [2.75, 3.05) is 0 Å². The first-order chi connectivity index (χ1) is 9.68. The van der Waals surface area contributed by atoms with Crippen LogP contribution in [0.3, 0.4) is 0 Å². The Hall–Kier alpha value is -1.12. The lowest BCUT2D eigenvalue weighted by Gasteiger charge is -2.12. The lowest BCUT2D eigenvalue weighted by atomic mass is 10.1.